The van der Waals surface area contributed by atoms with Gasteiger partial charge < -0.3 is 9.52 Å². The molecule has 0 saturated heterocycles. The Morgan fingerprint density at radius 1 is 1.82 bits per heavy atom. The van der Waals surface area contributed by atoms with Gasteiger partial charge in [0, 0.05) is 0 Å². The summed E-state index contributed by atoms with van der Waals surface area (Å²) in [6, 6.07) is 0. The van der Waals surface area contributed by atoms with Crippen molar-refractivity contribution in [3.8, 4) is 0 Å². The van der Waals surface area contributed by atoms with Crippen molar-refractivity contribution >= 4 is 0 Å². The summed E-state index contributed by atoms with van der Waals surface area (Å²) in [5.41, 5.74) is 0. The van der Waals surface area contributed by atoms with Crippen molar-refractivity contribution in [2.45, 2.75) is 25.4 Å². The molecular weight excluding hydrogens is 142 g/mol. The van der Waals surface area contributed by atoms with Gasteiger partial charge in [-0.3, -0.25) is 0 Å². The summed E-state index contributed by atoms with van der Waals surface area (Å²) in [6.07, 6.45) is 6.54. The van der Waals surface area contributed by atoms with E-state index in [2.05, 4.69) is 11.2 Å². The summed E-state index contributed by atoms with van der Waals surface area (Å²) >= 11 is 0. The summed E-state index contributed by atoms with van der Waals surface area (Å²) in [5, 5.41) is 9.45. The monoisotopic (exact) mass is 152 g/mol. The molecule has 59 valence electrons. The summed E-state index contributed by atoms with van der Waals surface area (Å²) in [7, 11) is 0. The summed E-state index contributed by atoms with van der Waals surface area (Å²) in [4.78, 5) is 3.88. The number of aliphatic hydroxyl groups is 1. The SMILES string of the molecule is OC(Cc1nc[c]o1)C1CC1. The van der Waals surface area contributed by atoms with Gasteiger partial charge in [-0.1, -0.05) is 0 Å². The number of aromatic nitrogens is 1. The van der Waals surface area contributed by atoms with Crippen molar-refractivity contribution in [1.29, 1.82) is 0 Å². The van der Waals surface area contributed by atoms with Crippen molar-refractivity contribution in [2.24, 2.45) is 5.92 Å². The van der Waals surface area contributed by atoms with E-state index in [0.29, 0.717) is 18.2 Å². The molecule has 1 radical (unpaired) electrons. The predicted octanol–water partition coefficient (Wildman–Crippen LogP) is 0.788. The van der Waals surface area contributed by atoms with Crippen LogP contribution in [0.3, 0.4) is 0 Å². The third-order valence-electron chi connectivity index (χ3n) is 1.99. The van der Waals surface area contributed by atoms with Crippen LogP contribution in [-0.2, 0) is 6.42 Å². The first-order chi connectivity index (χ1) is 5.36. The lowest BCUT2D eigenvalue weighted by atomic mass is 10.2. The molecule has 1 atom stereocenters. The molecule has 1 saturated carbocycles. The lowest BCUT2D eigenvalue weighted by Crippen LogP contribution is -2.12. The zero-order chi connectivity index (χ0) is 7.68. The highest BCUT2D eigenvalue weighted by molar-refractivity contribution is 4.89. The van der Waals surface area contributed by atoms with Gasteiger partial charge in [-0.15, -0.1) is 0 Å². The molecule has 1 aromatic heterocycles. The minimum Gasteiger partial charge on any atom is -0.437 e. The lowest BCUT2D eigenvalue weighted by Gasteiger charge is -2.03. The zero-order valence-corrected chi connectivity index (χ0v) is 6.16. The van der Waals surface area contributed by atoms with Gasteiger partial charge in [0.25, 0.3) is 0 Å². The molecule has 11 heavy (non-hydrogen) atoms. The highest BCUT2D eigenvalue weighted by atomic mass is 16.3. The van der Waals surface area contributed by atoms with Gasteiger partial charge in [0.05, 0.1) is 18.7 Å². The molecule has 0 aromatic carbocycles. The number of rotatable bonds is 3. The third-order valence-corrected chi connectivity index (χ3v) is 1.99. The van der Waals surface area contributed by atoms with Gasteiger partial charge in [0.2, 0.25) is 0 Å². The predicted molar refractivity (Wildman–Crippen MR) is 37.8 cm³/mol. The molecule has 1 aliphatic carbocycles. The van der Waals surface area contributed by atoms with Crippen LogP contribution < -0.4 is 0 Å². The fourth-order valence-electron chi connectivity index (χ4n) is 1.14. The standard InChI is InChI=1S/C8H10NO2/c10-7(6-1-2-6)5-8-9-3-4-11-8/h3,6-7,10H,1-2,5H2. The van der Waals surface area contributed by atoms with Crippen molar-refractivity contribution in [3.63, 3.8) is 0 Å². The second-order valence-electron chi connectivity index (χ2n) is 2.98. The number of nitrogens with zero attached hydrogens (tertiary/aromatic N) is 1. The second-order valence-corrected chi connectivity index (χ2v) is 2.98. The van der Waals surface area contributed by atoms with E-state index in [-0.39, 0.29) is 6.10 Å². The fraction of sp³-hybridized carbons (Fsp3) is 0.625. The molecule has 0 bridgehead atoms. The maximum absolute atomic E-state index is 9.45. The summed E-state index contributed by atoms with van der Waals surface area (Å²) < 4.78 is 4.89. The molecule has 2 rings (SSSR count). The van der Waals surface area contributed by atoms with Crippen molar-refractivity contribution in [2.75, 3.05) is 0 Å². The maximum Gasteiger partial charge on any atom is 0.197 e. The quantitative estimate of drug-likeness (QED) is 0.696. The van der Waals surface area contributed by atoms with Crippen LogP contribution >= 0.6 is 0 Å². The topological polar surface area (TPSA) is 46.3 Å². The average molecular weight is 152 g/mol. The molecular formula is C8H10NO2. The Hall–Kier alpha value is -0.830. The van der Waals surface area contributed by atoms with Gasteiger partial charge in [-0.25, -0.2) is 4.98 Å². The Morgan fingerprint density at radius 3 is 3.18 bits per heavy atom. The first-order valence-corrected chi connectivity index (χ1v) is 3.85. The summed E-state index contributed by atoms with van der Waals surface area (Å²) in [5.74, 6) is 1.08. The van der Waals surface area contributed by atoms with Crippen LogP contribution in [0.1, 0.15) is 18.7 Å². The first kappa shape index (κ1) is 6.85. The molecule has 1 aliphatic rings. The normalized spacial score (nSPS) is 20.1. The van der Waals surface area contributed by atoms with E-state index in [1.807, 2.05) is 0 Å². The molecule has 1 unspecified atom stereocenters. The third kappa shape index (κ3) is 1.60. The molecule has 3 heteroatoms. The van der Waals surface area contributed by atoms with Gasteiger partial charge in [0.1, 0.15) is 0 Å². The minimum atomic E-state index is -0.262. The Kier molecular flexibility index (Phi) is 1.66. The van der Waals surface area contributed by atoms with Crippen molar-refractivity contribution in [1.82, 2.24) is 4.98 Å². The van der Waals surface area contributed by atoms with Crippen LogP contribution in [0, 0.1) is 12.2 Å². The number of hydrogen-bond acceptors (Lipinski definition) is 3. The minimum absolute atomic E-state index is 0.262. The van der Waals surface area contributed by atoms with E-state index in [1.54, 1.807) is 0 Å². The Morgan fingerprint density at radius 2 is 2.64 bits per heavy atom. The van der Waals surface area contributed by atoms with Crippen LogP contribution in [0.5, 0.6) is 0 Å². The zero-order valence-electron chi connectivity index (χ0n) is 6.16. The highest BCUT2D eigenvalue weighted by Crippen LogP contribution is 2.33. The van der Waals surface area contributed by atoms with Crippen LogP contribution in [0.4, 0.5) is 0 Å². The molecule has 1 aromatic rings. The molecule has 1 fully saturated rings. The van der Waals surface area contributed by atoms with Crippen molar-refractivity contribution in [3.05, 3.63) is 18.4 Å². The molecule has 0 spiro atoms. The van der Waals surface area contributed by atoms with Gasteiger partial charge in [0.15, 0.2) is 12.2 Å². The second kappa shape index (κ2) is 2.66. The molecule has 0 aliphatic heterocycles. The van der Waals surface area contributed by atoms with E-state index in [4.69, 9.17) is 4.42 Å². The fourth-order valence-corrected chi connectivity index (χ4v) is 1.14. The van der Waals surface area contributed by atoms with E-state index < -0.39 is 0 Å². The highest BCUT2D eigenvalue weighted by Gasteiger charge is 2.30. The van der Waals surface area contributed by atoms with E-state index in [1.165, 1.54) is 6.20 Å². The van der Waals surface area contributed by atoms with E-state index in [0.717, 1.165) is 12.8 Å². The van der Waals surface area contributed by atoms with Crippen LogP contribution in [0.15, 0.2) is 10.6 Å². The molecule has 1 N–H and O–H groups in total. The van der Waals surface area contributed by atoms with Gasteiger partial charge >= 0.3 is 0 Å². The first-order valence-electron chi connectivity index (χ1n) is 3.85. The number of hydrogen-bond donors (Lipinski definition) is 1. The van der Waals surface area contributed by atoms with Crippen LogP contribution in [-0.4, -0.2) is 16.2 Å². The largest absolute Gasteiger partial charge is 0.437 e. The molecule has 0 amide bonds. The van der Waals surface area contributed by atoms with Crippen molar-refractivity contribution < 1.29 is 9.52 Å². The Labute approximate surface area is 65.1 Å². The van der Waals surface area contributed by atoms with Crippen LogP contribution in [0.25, 0.3) is 0 Å². The number of aliphatic hydroxyl groups excluding tert-OH is 1. The Balaban J connectivity index is 1.89. The summed E-state index contributed by atoms with van der Waals surface area (Å²) in [6.45, 7) is 0. The van der Waals surface area contributed by atoms with Gasteiger partial charge in [-0.2, -0.15) is 0 Å². The maximum atomic E-state index is 9.45. The van der Waals surface area contributed by atoms with Crippen LogP contribution in [0.2, 0.25) is 0 Å². The van der Waals surface area contributed by atoms with E-state index >= 15 is 0 Å². The number of oxazole rings is 1. The smallest absolute Gasteiger partial charge is 0.197 e. The lowest BCUT2D eigenvalue weighted by molar-refractivity contribution is 0.143. The average Bonchev–Trinajstić information content (AvgIpc) is 2.73. The molecule has 3 nitrogen and oxygen atoms in total. The van der Waals surface area contributed by atoms with E-state index in [9.17, 15) is 5.11 Å². The Bertz CT molecular complexity index is 216. The van der Waals surface area contributed by atoms with Gasteiger partial charge in [-0.05, 0) is 18.8 Å². The molecule has 1 heterocycles.